The maximum atomic E-state index is 13.6. The van der Waals surface area contributed by atoms with Gasteiger partial charge in [0.25, 0.3) is 10.0 Å². The minimum atomic E-state index is -4.14. The Labute approximate surface area is 175 Å². The Hall–Kier alpha value is -3.07. The fourth-order valence-electron chi connectivity index (χ4n) is 3.09. The van der Waals surface area contributed by atoms with E-state index < -0.39 is 21.3 Å². The van der Waals surface area contributed by atoms with Crippen molar-refractivity contribution >= 4 is 27.3 Å². The van der Waals surface area contributed by atoms with Gasteiger partial charge in [-0.25, -0.2) is 12.8 Å². The van der Waals surface area contributed by atoms with Crippen molar-refractivity contribution in [2.75, 3.05) is 29.9 Å². The van der Waals surface area contributed by atoms with Crippen LogP contribution in [0.2, 0.25) is 0 Å². The minimum absolute atomic E-state index is 0.0133. The molecule has 7 nitrogen and oxygen atoms in total. The summed E-state index contributed by atoms with van der Waals surface area (Å²) in [6, 6.07) is 7.83. The van der Waals surface area contributed by atoms with Crippen molar-refractivity contribution in [2.24, 2.45) is 5.41 Å². The molecule has 0 atom stereocenters. The normalized spacial score (nSPS) is 15.6. The first kappa shape index (κ1) is 21.6. The quantitative estimate of drug-likeness (QED) is 0.703. The molecule has 1 aliphatic heterocycles. The Bertz CT molecular complexity index is 1100. The summed E-state index contributed by atoms with van der Waals surface area (Å²) in [5.41, 5.74) is -0.0566. The molecule has 3 rings (SSSR count). The molecule has 30 heavy (non-hydrogen) atoms. The van der Waals surface area contributed by atoms with Gasteiger partial charge in [0.2, 0.25) is 5.91 Å². The number of hydrogen-bond donors (Lipinski definition) is 1. The third-order valence-corrected chi connectivity index (χ3v) is 6.04. The van der Waals surface area contributed by atoms with Crippen LogP contribution < -0.4 is 19.1 Å². The molecule has 0 saturated heterocycles. The summed E-state index contributed by atoms with van der Waals surface area (Å²) in [6.45, 7) is 7.65. The van der Waals surface area contributed by atoms with E-state index >= 15 is 0 Å². The lowest BCUT2D eigenvalue weighted by atomic mass is 9.93. The molecule has 0 saturated carbocycles. The third-order valence-electron chi connectivity index (χ3n) is 4.64. The number of nitrogens with zero attached hydrogens (tertiary/aromatic N) is 1. The van der Waals surface area contributed by atoms with E-state index in [-0.39, 0.29) is 35.4 Å². The van der Waals surface area contributed by atoms with Crippen molar-refractivity contribution < 1.29 is 27.1 Å². The molecular formula is C21H23FN2O5S. The molecule has 160 valence electrons. The second kappa shape index (κ2) is 7.98. The molecule has 0 fully saturated rings. The number of amides is 1. The van der Waals surface area contributed by atoms with E-state index in [4.69, 9.17) is 9.47 Å². The molecular weight excluding hydrogens is 411 g/mol. The molecule has 1 aliphatic rings. The lowest BCUT2D eigenvalue weighted by molar-refractivity contribution is -0.127. The van der Waals surface area contributed by atoms with Gasteiger partial charge in [-0.15, -0.1) is 6.58 Å². The Kier molecular flexibility index (Phi) is 5.76. The average Bonchev–Trinajstić information content (AvgIpc) is 2.78. The summed E-state index contributed by atoms with van der Waals surface area (Å²) in [5.74, 6) is -0.470. The zero-order valence-electron chi connectivity index (χ0n) is 16.9. The van der Waals surface area contributed by atoms with Gasteiger partial charge in [0.05, 0.1) is 23.9 Å². The molecule has 0 radical (unpaired) electrons. The standard InChI is InChI=1S/C21H23FN2O5S/c1-5-10-24-16-8-7-15(12-18(16)29-13-21(2,3)20(24)25)23-30(26,27)19-11-14(22)6-9-17(19)28-4/h5-9,11-12,23H,1,10,13H2,2-4H3. The molecule has 0 spiro atoms. The number of benzene rings is 2. The van der Waals surface area contributed by atoms with Crippen LogP contribution >= 0.6 is 0 Å². The maximum absolute atomic E-state index is 13.6. The van der Waals surface area contributed by atoms with Gasteiger partial charge < -0.3 is 14.4 Å². The molecule has 1 N–H and O–H groups in total. The maximum Gasteiger partial charge on any atom is 0.265 e. The van der Waals surface area contributed by atoms with Crippen molar-refractivity contribution in [1.29, 1.82) is 0 Å². The summed E-state index contributed by atoms with van der Waals surface area (Å²) < 4.78 is 52.5. The topological polar surface area (TPSA) is 84.9 Å². The van der Waals surface area contributed by atoms with Crippen LogP contribution in [-0.4, -0.2) is 34.6 Å². The number of rotatable bonds is 6. The number of sulfonamides is 1. The Morgan fingerprint density at radius 3 is 2.70 bits per heavy atom. The number of anilines is 2. The summed E-state index contributed by atoms with van der Waals surface area (Å²) >= 11 is 0. The van der Waals surface area contributed by atoms with E-state index in [1.807, 2.05) is 0 Å². The summed E-state index contributed by atoms with van der Waals surface area (Å²) in [6.07, 6.45) is 1.61. The van der Waals surface area contributed by atoms with Gasteiger partial charge in [-0.05, 0) is 44.2 Å². The van der Waals surface area contributed by atoms with Crippen LogP contribution in [0.15, 0.2) is 53.9 Å². The van der Waals surface area contributed by atoms with E-state index in [1.165, 1.54) is 25.3 Å². The van der Waals surface area contributed by atoms with E-state index in [0.717, 1.165) is 12.1 Å². The number of fused-ring (bicyclic) bond motifs is 1. The highest BCUT2D eigenvalue weighted by Gasteiger charge is 2.37. The van der Waals surface area contributed by atoms with E-state index in [2.05, 4.69) is 11.3 Å². The largest absolute Gasteiger partial charge is 0.495 e. The highest BCUT2D eigenvalue weighted by atomic mass is 32.2. The van der Waals surface area contributed by atoms with Crippen LogP contribution in [0.1, 0.15) is 13.8 Å². The molecule has 2 aromatic rings. The second-order valence-electron chi connectivity index (χ2n) is 7.46. The molecule has 0 aliphatic carbocycles. The zero-order valence-corrected chi connectivity index (χ0v) is 17.8. The lowest BCUT2D eigenvalue weighted by Gasteiger charge is -2.27. The number of nitrogens with one attached hydrogen (secondary N) is 1. The Morgan fingerprint density at radius 2 is 2.03 bits per heavy atom. The number of methoxy groups -OCH3 is 1. The molecule has 2 aromatic carbocycles. The first-order chi connectivity index (χ1) is 14.1. The fourth-order valence-corrected chi connectivity index (χ4v) is 4.32. The highest BCUT2D eigenvalue weighted by Crippen LogP contribution is 2.38. The lowest BCUT2D eigenvalue weighted by Crippen LogP contribution is -2.42. The van der Waals surface area contributed by atoms with Crippen LogP contribution in [0.5, 0.6) is 11.5 Å². The van der Waals surface area contributed by atoms with Crippen LogP contribution in [-0.2, 0) is 14.8 Å². The van der Waals surface area contributed by atoms with Crippen LogP contribution in [0.25, 0.3) is 0 Å². The predicted octanol–water partition coefficient (Wildman–Crippen LogP) is 3.57. The predicted molar refractivity (Wildman–Crippen MR) is 112 cm³/mol. The van der Waals surface area contributed by atoms with Gasteiger partial charge in [-0.2, -0.15) is 0 Å². The van der Waals surface area contributed by atoms with Gasteiger partial charge in [0, 0.05) is 12.6 Å². The number of carbonyl (C=O) groups excluding carboxylic acids is 1. The van der Waals surface area contributed by atoms with Crippen molar-refractivity contribution in [3.05, 3.63) is 54.9 Å². The summed E-state index contributed by atoms with van der Waals surface area (Å²) in [7, 11) is -2.84. The number of carbonyl (C=O) groups is 1. The molecule has 0 unspecified atom stereocenters. The highest BCUT2D eigenvalue weighted by molar-refractivity contribution is 7.92. The summed E-state index contributed by atoms with van der Waals surface area (Å²) in [4.78, 5) is 14.1. The van der Waals surface area contributed by atoms with Crippen LogP contribution in [0, 0.1) is 11.2 Å². The van der Waals surface area contributed by atoms with Gasteiger partial charge >= 0.3 is 0 Å². The third kappa shape index (κ3) is 4.11. The monoisotopic (exact) mass is 434 g/mol. The van der Waals surface area contributed by atoms with Crippen LogP contribution in [0.4, 0.5) is 15.8 Å². The first-order valence-corrected chi connectivity index (χ1v) is 10.6. The average molecular weight is 434 g/mol. The molecule has 1 heterocycles. The van der Waals surface area contributed by atoms with E-state index in [0.29, 0.717) is 11.4 Å². The number of halogens is 1. The van der Waals surface area contributed by atoms with Crippen molar-refractivity contribution in [3.8, 4) is 11.5 Å². The van der Waals surface area contributed by atoms with Gasteiger partial charge in [-0.1, -0.05) is 6.08 Å². The SMILES string of the molecule is C=CCN1C(=O)C(C)(C)COc2cc(NS(=O)(=O)c3cc(F)ccc3OC)ccc21. The van der Waals surface area contributed by atoms with Crippen molar-refractivity contribution in [1.82, 2.24) is 0 Å². The van der Waals surface area contributed by atoms with Crippen molar-refractivity contribution in [3.63, 3.8) is 0 Å². The number of ether oxygens (including phenoxy) is 2. The fraction of sp³-hybridized carbons (Fsp3) is 0.286. The van der Waals surface area contributed by atoms with E-state index in [1.54, 1.807) is 30.9 Å². The minimum Gasteiger partial charge on any atom is -0.495 e. The number of hydrogen-bond acceptors (Lipinski definition) is 5. The van der Waals surface area contributed by atoms with E-state index in [9.17, 15) is 17.6 Å². The Morgan fingerprint density at radius 1 is 1.30 bits per heavy atom. The zero-order chi connectivity index (χ0) is 22.1. The second-order valence-corrected chi connectivity index (χ2v) is 9.11. The Balaban J connectivity index is 1.99. The summed E-state index contributed by atoms with van der Waals surface area (Å²) in [5, 5.41) is 0. The van der Waals surface area contributed by atoms with Crippen molar-refractivity contribution in [2.45, 2.75) is 18.7 Å². The molecule has 0 bridgehead atoms. The van der Waals surface area contributed by atoms with Crippen LogP contribution in [0.3, 0.4) is 0 Å². The van der Waals surface area contributed by atoms with Gasteiger partial charge in [0.15, 0.2) is 0 Å². The smallest absolute Gasteiger partial charge is 0.265 e. The first-order valence-electron chi connectivity index (χ1n) is 9.15. The molecule has 1 amide bonds. The molecule has 9 heteroatoms. The van der Waals surface area contributed by atoms with Gasteiger partial charge in [-0.3, -0.25) is 9.52 Å². The molecule has 0 aromatic heterocycles. The van der Waals surface area contributed by atoms with Gasteiger partial charge in [0.1, 0.15) is 28.8 Å².